The number of aryl methyl sites for hydroxylation is 1. The Bertz CT molecular complexity index is 1960. The van der Waals surface area contributed by atoms with Crippen molar-refractivity contribution < 1.29 is 33.3 Å². The van der Waals surface area contributed by atoms with Crippen LogP contribution in [0.1, 0.15) is 60.0 Å². The third-order valence-electron chi connectivity index (χ3n) is 7.27. The van der Waals surface area contributed by atoms with Crippen LogP contribution in [-0.4, -0.2) is 42.4 Å². The number of carbonyl (C=O) groups is 2. The van der Waals surface area contributed by atoms with Crippen LogP contribution in [0.15, 0.2) is 74.0 Å². The number of carboxylic acids is 1. The summed E-state index contributed by atoms with van der Waals surface area (Å²) in [7, 11) is 3.07. The molecule has 0 bridgehead atoms. The monoisotopic (exact) mass is 616 g/mol. The highest BCUT2D eigenvalue weighted by molar-refractivity contribution is 7.07. The number of carboxylic acid groups (broad SMARTS) is 1. The van der Waals surface area contributed by atoms with Gasteiger partial charge in [-0.15, -0.1) is 0 Å². The van der Waals surface area contributed by atoms with E-state index in [1.807, 2.05) is 13.8 Å². The van der Waals surface area contributed by atoms with E-state index in [1.54, 1.807) is 62.6 Å². The average molecular weight is 617 g/mol. The van der Waals surface area contributed by atoms with E-state index in [1.165, 1.54) is 29.1 Å². The second-order valence-corrected chi connectivity index (χ2v) is 11.1. The summed E-state index contributed by atoms with van der Waals surface area (Å²) in [6, 6.07) is 12.6. The fraction of sp³-hybridized carbons (Fsp3) is 0.273. The average Bonchev–Trinajstić information content (AvgIpc) is 3.60. The fourth-order valence-electron chi connectivity index (χ4n) is 5.19. The molecule has 1 aliphatic rings. The topological polar surface area (TPSA) is 130 Å². The fourth-order valence-corrected chi connectivity index (χ4v) is 6.19. The minimum Gasteiger partial charge on any atom is -0.497 e. The Kier molecular flexibility index (Phi) is 8.86. The first-order valence-corrected chi connectivity index (χ1v) is 14.9. The summed E-state index contributed by atoms with van der Waals surface area (Å²) in [6.07, 6.45) is 2.84. The number of hydrogen-bond donors (Lipinski definition) is 1. The molecular formula is C33H32N2O8S. The number of furan rings is 1. The van der Waals surface area contributed by atoms with Gasteiger partial charge in [0.15, 0.2) is 4.80 Å². The van der Waals surface area contributed by atoms with E-state index in [4.69, 9.17) is 23.6 Å². The number of esters is 1. The summed E-state index contributed by atoms with van der Waals surface area (Å²) in [5.74, 6) is 0.285. The van der Waals surface area contributed by atoms with E-state index < -0.39 is 18.0 Å². The van der Waals surface area contributed by atoms with E-state index in [0.717, 1.165) is 12.0 Å². The molecule has 5 rings (SSSR count). The number of fused-ring (bicyclic) bond motifs is 1. The van der Waals surface area contributed by atoms with E-state index in [-0.39, 0.29) is 23.3 Å². The van der Waals surface area contributed by atoms with E-state index in [9.17, 15) is 19.5 Å². The Hall–Kier alpha value is -4.90. The summed E-state index contributed by atoms with van der Waals surface area (Å²) in [5, 5.41) is 9.43. The van der Waals surface area contributed by atoms with Crippen LogP contribution in [0.2, 0.25) is 0 Å². The van der Waals surface area contributed by atoms with Crippen LogP contribution in [0.25, 0.3) is 17.4 Å². The lowest BCUT2D eigenvalue weighted by molar-refractivity contribution is -0.139. The third-order valence-corrected chi connectivity index (χ3v) is 8.26. The molecule has 0 unspecified atom stereocenters. The number of aromatic nitrogens is 1. The minimum absolute atomic E-state index is 0.144. The Labute approximate surface area is 257 Å². The summed E-state index contributed by atoms with van der Waals surface area (Å²) in [4.78, 5) is 44.3. The molecule has 228 valence electrons. The SMILES string of the molecule is CCCC1=C(C(=O)OCC)[C@@H](c2cc(OC)ccc2OC)n2c(s/c(=C\c3ccc(-c4cc(C(=O)O)ccc4C)o3)c2=O)=N1. The van der Waals surface area contributed by atoms with E-state index >= 15 is 0 Å². The van der Waals surface area contributed by atoms with Gasteiger partial charge in [0.05, 0.1) is 42.2 Å². The quantitative estimate of drug-likeness (QED) is 0.250. The van der Waals surface area contributed by atoms with Crippen molar-refractivity contribution in [1.29, 1.82) is 0 Å². The van der Waals surface area contributed by atoms with Crippen molar-refractivity contribution in [3.05, 3.63) is 102 Å². The first kappa shape index (κ1) is 30.6. The summed E-state index contributed by atoms with van der Waals surface area (Å²) < 4.78 is 24.5. The molecular weight excluding hydrogens is 584 g/mol. The van der Waals surface area contributed by atoms with Gasteiger partial charge in [-0.3, -0.25) is 9.36 Å². The van der Waals surface area contributed by atoms with Crippen molar-refractivity contribution in [2.75, 3.05) is 20.8 Å². The predicted molar refractivity (Wildman–Crippen MR) is 165 cm³/mol. The Balaban J connectivity index is 1.71. The van der Waals surface area contributed by atoms with Crippen molar-refractivity contribution in [3.8, 4) is 22.8 Å². The highest BCUT2D eigenvalue weighted by Gasteiger charge is 2.36. The van der Waals surface area contributed by atoms with Gasteiger partial charge in [-0.2, -0.15) is 0 Å². The van der Waals surface area contributed by atoms with Crippen LogP contribution in [0, 0.1) is 6.92 Å². The molecule has 1 aliphatic heterocycles. The maximum Gasteiger partial charge on any atom is 0.338 e. The number of ether oxygens (including phenoxy) is 3. The van der Waals surface area contributed by atoms with Crippen LogP contribution in [0.4, 0.5) is 0 Å². The summed E-state index contributed by atoms with van der Waals surface area (Å²) in [5.41, 5.74) is 2.63. The number of hydrogen-bond acceptors (Lipinski definition) is 9. The van der Waals surface area contributed by atoms with Crippen LogP contribution in [0.5, 0.6) is 11.5 Å². The molecule has 3 heterocycles. The molecule has 0 radical (unpaired) electrons. The van der Waals surface area contributed by atoms with Gasteiger partial charge in [-0.05, 0) is 68.3 Å². The van der Waals surface area contributed by atoms with Crippen molar-refractivity contribution in [2.45, 2.75) is 39.7 Å². The summed E-state index contributed by atoms with van der Waals surface area (Å²) in [6.45, 7) is 5.74. The van der Waals surface area contributed by atoms with Crippen molar-refractivity contribution in [3.63, 3.8) is 0 Å². The number of aromatic carboxylic acids is 1. The number of nitrogens with zero attached hydrogens (tertiary/aromatic N) is 2. The molecule has 10 nitrogen and oxygen atoms in total. The number of rotatable bonds is 10. The molecule has 4 aromatic rings. The lowest BCUT2D eigenvalue weighted by atomic mass is 9.93. The van der Waals surface area contributed by atoms with Crippen molar-refractivity contribution in [2.24, 2.45) is 4.99 Å². The van der Waals surface area contributed by atoms with Crippen LogP contribution < -0.4 is 24.4 Å². The molecule has 1 N–H and O–H groups in total. The Morgan fingerprint density at radius 2 is 1.89 bits per heavy atom. The standard InChI is InChI=1S/C33H32N2O8S/c1-6-8-24-28(32(39)42-7-2)29(23-16-20(40-4)11-13-25(23)41-5)35-30(36)27(44-33(35)34-24)17-21-12-14-26(43-21)22-15-19(31(37)38)10-9-18(22)3/h9-17,29H,6-8H2,1-5H3,(H,37,38)/b27-17-/t29-/m1/s1. The first-order chi connectivity index (χ1) is 21.2. The summed E-state index contributed by atoms with van der Waals surface area (Å²) >= 11 is 1.18. The van der Waals surface area contributed by atoms with Gasteiger partial charge in [-0.25, -0.2) is 14.6 Å². The zero-order valence-corrected chi connectivity index (χ0v) is 25.8. The van der Waals surface area contributed by atoms with Crippen LogP contribution in [-0.2, 0) is 9.53 Å². The molecule has 2 aromatic heterocycles. The molecule has 0 spiro atoms. The molecule has 0 amide bonds. The molecule has 0 saturated carbocycles. The molecule has 1 atom stereocenters. The van der Waals surface area contributed by atoms with Gasteiger partial charge in [0.1, 0.15) is 29.1 Å². The van der Waals surface area contributed by atoms with Gasteiger partial charge in [0, 0.05) is 17.2 Å². The number of methoxy groups -OCH3 is 2. The molecule has 0 aliphatic carbocycles. The number of carbonyl (C=O) groups excluding carboxylic acids is 1. The smallest absolute Gasteiger partial charge is 0.338 e. The van der Waals surface area contributed by atoms with Crippen molar-refractivity contribution >= 4 is 29.4 Å². The number of allylic oxidation sites excluding steroid dienone is 1. The molecule has 44 heavy (non-hydrogen) atoms. The lowest BCUT2D eigenvalue weighted by Crippen LogP contribution is -2.40. The molecule has 0 fully saturated rings. The molecule has 11 heteroatoms. The van der Waals surface area contributed by atoms with Crippen molar-refractivity contribution in [1.82, 2.24) is 4.57 Å². The first-order valence-electron chi connectivity index (χ1n) is 14.1. The van der Waals surface area contributed by atoms with Crippen LogP contribution >= 0.6 is 11.3 Å². The second kappa shape index (κ2) is 12.8. The zero-order valence-electron chi connectivity index (χ0n) is 25.0. The van der Waals surface area contributed by atoms with Gasteiger partial charge in [0.2, 0.25) is 0 Å². The molecule has 2 aromatic carbocycles. The highest BCUT2D eigenvalue weighted by Crippen LogP contribution is 2.38. The maximum atomic E-state index is 14.1. The number of thiazole rings is 1. The third kappa shape index (κ3) is 5.70. The predicted octanol–water partition coefficient (Wildman–Crippen LogP) is 4.86. The normalized spacial score (nSPS) is 14.7. The van der Waals surface area contributed by atoms with E-state index in [2.05, 4.69) is 0 Å². The maximum absolute atomic E-state index is 14.1. The second-order valence-electron chi connectivity index (χ2n) is 10.1. The number of benzene rings is 2. The van der Waals surface area contributed by atoms with Gasteiger partial charge in [0.25, 0.3) is 5.56 Å². The largest absolute Gasteiger partial charge is 0.497 e. The van der Waals surface area contributed by atoms with Gasteiger partial charge >= 0.3 is 11.9 Å². The zero-order chi connectivity index (χ0) is 31.5. The van der Waals surface area contributed by atoms with Gasteiger partial charge in [-0.1, -0.05) is 30.7 Å². The highest BCUT2D eigenvalue weighted by atomic mass is 32.1. The van der Waals surface area contributed by atoms with E-state index in [0.29, 0.717) is 55.6 Å². The Morgan fingerprint density at radius 1 is 1.09 bits per heavy atom. The van der Waals surface area contributed by atoms with Crippen LogP contribution in [0.3, 0.4) is 0 Å². The van der Waals surface area contributed by atoms with Gasteiger partial charge < -0.3 is 23.7 Å². The molecule has 0 saturated heterocycles. The lowest BCUT2D eigenvalue weighted by Gasteiger charge is -2.27. The minimum atomic E-state index is -1.04. The Morgan fingerprint density at radius 3 is 2.57 bits per heavy atom.